The van der Waals surface area contributed by atoms with Crippen molar-refractivity contribution in [3.63, 3.8) is 0 Å². The number of ether oxygens (including phenoxy) is 1. The van der Waals surface area contributed by atoms with E-state index < -0.39 is 0 Å². The zero-order valence-electron chi connectivity index (χ0n) is 14.9. The minimum Gasteiger partial charge on any atom is -0.375 e. The van der Waals surface area contributed by atoms with Gasteiger partial charge in [-0.3, -0.25) is 4.79 Å². The summed E-state index contributed by atoms with van der Waals surface area (Å²) in [4.78, 5) is 14.4. The molecule has 0 aliphatic carbocycles. The predicted molar refractivity (Wildman–Crippen MR) is 98.5 cm³/mol. The van der Waals surface area contributed by atoms with Crippen LogP contribution in [0, 0.1) is 6.92 Å². The SMILES string of the molecule is CCC1CN(C(=O)CSc2nnc(-c3ccccc3C)n2C)CCO1. The van der Waals surface area contributed by atoms with Crippen LogP contribution in [0.2, 0.25) is 0 Å². The van der Waals surface area contributed by atoms with Gasteiger partial charge in [-0.2, -0.15) is 0 Å². The van der Waals surface area contributed by atoms with Crippen LogP contribution in [0.3, 0.4) is 0 Å². The van der Waals surface area contributed by atoms with Crippen molar-refractivity contribution < 1.29 is 9.53 Å². The second-order valence-electron chi connectivity index (χ2n) is 6.21. The molecule has 2 heterocycles. The molecule has 2 aromatic rings. The number of morpholine rings is 1. The molecule has 1 saturated heterocycles. The van der Waals surface area contributed by atoms with Gasteiger partial charge in [-0.25, -0.2) is 0 Å². The van der Waals surface area contributed by atoms with Gasteiger partial charge in [-0.05, 0) is 18.9 Å². The van der Waals surface area contributed by atoms with Crippen molar-refractivity contribution in [3.8, 4) is 11.4 Å². The lowest BCUT2D eigenvalue weighted by atomic mass is 10.1. The van der Waals surface area contributed by atoms with Gasteiger partial charge in [0.25, 0.3) is 0 Å². The van der Waals surface area contributed by atoms with E-state index >= 15 is 0 Å². The van der Waals surface area contributed by atoms with Crippen LogP contribution in [0.5, 0.6) is 0 Å². The number of benzene rings is 1. The first-order chi connectivity index (χ1) is 12.1. The summed E-state index contributed by atoms with van der Waals surface area (Å²) in [6, 6.07) is 8.10. The van der Waals surface area contributed by atoms with Crippen molar-refractivity contribution in [2.45, 2.75) is 31.5 Å². The van der Waals surface area contributed by atoms with Gasteiger partial charge in [0.15, 0.2) is 11.0 Å². The first kappa shape index (κ1) is 17.9. The lowest BCUT2D eigenvalue weighted by molar-refractivity contribution is -0.135. The Kier molecular flexibility index (Phi) is 5.75. The van der Waals surface area contributed by atoms with Crippen LogP contribution in [0.4, 0.5) is 0 Å². The minimum absolute atomic E-state index is 0.132. The van der Waals surface area contributed by atoms with Crippen LogP contribution < -0.4 is 0 Å². The Hall–Kier alpha value is -1.86. The molecule has 1 aliphatic rings. The van der Waals surface area contributed by atoms with Gasteiger partial charge in [0.05, 0.1) is 18.5 Å². The molecule has 1 amide bonds. The Balaban J connectivity index is 1.64. The van der Waals surface area contributed by atoms with Crippen molar-refractivity contribution in [1.82, 2.24) is 19.7 Å². The molecule has 1 aromatic heterocycles. The Bertz CT molecular complexity index is 746. The van der Waals surface area contributed by atoms with E-state index in [-0.39, 0.29) is 12.0 Å². The third-order valence-corrected chi connectivity index (χ3v) is 5.50. The number of hydrogen-bond donors (Lipinski definition) is 0. The van der Waals surface area contributed by atoms with E-state index in [0.717, 1.165) is 28.5 Å². The smallest absolute Gasteiger partial charge is 0.233 e. The van der Waals surface area contributed by atoms with Crippen molar-refractivity contribution in [3.05, 3.63) is 29.8 Å². The van der Waals surface area contributed by atoms with E-state index in [4.69, 9.17) is 4.74 Å². The van der Waals surface area contributed by atoms with Gasteiger partial charge < -0.3 is 14.2 Å². The maximum absolute atomic E-state index is 12.5. The summed E-state index contributed by atoms with van der Waals surface area (Å²) >= 11 is 1.44. The standard InChI is InChI=1S/C18H24N4O2S/c1-4-14-11-22(9-10-24-14)16(23)12-25-18-20-19-17(21(18)3)15-8-6-5-7-13(15)2/h5-8,14H,4,9-12H2,1-3H3. The van der Waals surface area contributed by atoms with E-state index in [1.54, 1.807) is 0 Å². The highest BCUT2D eigenvalue weighted by molar-refractivity contribution is 7.99. The van der Waals surface area contributed by atoms with Crippen molar-refractivity contribution in [2.24, 2.45) is 7.05 Å². The first-order valence-electron chi connectivity index (χ1n) is 8.57. The average Bonchev–Trinajstić information content (AvgIpc) is 3.00. The number of nitrogens with zero attached hydrogens (tertiary/aromatic N) is 4. The van der Waals surface area contributed by atoms with E-state index in [1.807, 2.05) is 34.7 Å². The number of carbonyl (C=O) groups excluding carboxylic acids is 1. The second-order valence-corrected chi connectivity index (χ2v) is 7.15. The Morgan fingerprint density at radius 1 is 1.36 bits per heavy atom. The molecule has 25 heavy (non-hydrogen) atoms. The van der Waals surface area contributed by atoms with Gasteiger partial charge in [-0.1, -0.05) is 43.0 Å². The monoisotopic (exact) mass is 360 g/mol. The van der Waals surface area contributed by atoms with Gasteiger partial charge in [0.2, 0.25) is 5.91 Å². The molecule has 0 N–H and O–H groups in total. The molecular weight excluding hydrogens is 336 g/mol. The molecule has 134 valence electrons. The van der Waals surface area contributed by atoms with Crippen LogP contribution in [0.1, 0.15) is 18.9 Å². The molecule has 6 nitrogen and oxygen atoms in total. The van der Waals surface area contributed by atoms with E-state index in [9.17, 15) is 4.79 Å². The lowest BCUT2D eigenvalue weighted by Gasteiger charge is -2.32. The topological polar surface area (TPSA) is 60.2 Å². The Labute approximate surface area is 152 Å². The molecule has 0 bridgehead atoms. The molecule has 3 rings (SSSR count). The molecule has 0 saturated carbocycles. The van der Waals surface area contributed by atoms with Crippen LogP contribution in [0.15, 0.2) is 29.4 Å². The molecule has 0 spiro atoms. The molecule has 0 radical (unpaired) electrons. The lowest BCUT2D eigenvalue weighted by Crippen LogP contribution is -2.46. The van der Waals surface area contributed by atoms with E-state index in [0.29, 0.717) is 25.4 Å². The van der Waals surface area contributed by atoms with E-state index in [2.05, 4.69) is 30.1 Å². The largest absolute Gasteiger partial charge is 0.375 e. The van der Waals surface area contributed by atoms with Crippen molar-refractivity contribution >= 4 is 17.7 Å². The predicted octanol–water partition coefficient (Wildman–Crippen LogP) is 2.52. The average molecular weight is 360 g/mol. The summed E-state index contributed by atoms with van der Waals surface area (Å²) < 4.78 is 7.58. The van der Waals surface area contributed by atoms with Crippen molar-refractivity contribution in [1.29, 1.82) is 0 Å². The molecule has 1 atom stereocenters. The number of thioether (sulfide) groups is 1. The maximum atomic E-state index is 12.5. The number of rotatable bonds is 5. The summed E-state index contributed by atoms with van der Waals surface area (Å²) in [7, 11) is 1.94. The van der Waals surface area contributed by atoms with Crippen LogP contribution in [-0.2, 0) is 16.6 Å². The number of hydrogen-bond acceptors (Lipinski definition) is 5. The van der Waals surface area contributed by atoms with Gasteiger partial charge in [0.1, 0.15) is 0 Å². The Morgan fingerprint density at radius 2 is 2.16 bits per heavy atom. The number of aryl methyl sites for hydroxylation is 1. The van der Waals surface area contributed by atoms with E-state index in [1.165, 1.54) is 11.8 Å². The first-order valence-corrected chi connectivity index (χ1v) is 9.56. The van der Waals surface area contributed by atoms with Crippen LogP contribution in [0.25, 0.3) is 11.4 Å². The summed E-state index contributed by atoms with van der Waals surface area (Å²) in [5.74, 6) is 1.33. The highest BCUT2D eigenvalue weighted by atomic mass is 32.2. The highest BCUT2D eigenvalue weighted by Gasteiger charge is 2.23. The normalized spacial score (nSPS) is 17.7. The fourth-order valence-corrected chi connectivity index (χ4v) is 3.72. The molecule has 1 aliphatic heterocycles. The number of carbonyl (C=O) groups is 1. The summed E-state index contributed by atoms with van der Waals surface area (Å²) in [6.45, 7) is 6.12. The summed E-state index contributed by atoms with van der Waals surface area (Å²) in [6.07, 6.45) is 1.09. The van der Waals surface area contributed by atoms with Crippen molar-refractivity contribution in [2.75, 3.05) is 25.4 Å². The second kappa shape index (κ2) is 8.01. The van der Waals surface area contributed by atoms with Gasteiger partial charge in [0, 0.05) is 25.7 Å². The fraction of sp³-hybridized carbons (Fsp3) is 0.500. The number of aromatic nitrogens is 3. The number of amides is 1. The molecule has 1 unspecified atom stereocenters. The quantitative estimate of drug-likeness (QED) is 0.767. The molecule has 1 aromatic carbocycles. The van der Waals surface area contributed by atoms with Crippen LogP contribution >= 0.6 is 11.8 Å². The zero-order chi connectivity index (χ0) is 17.8. The molecule has 7 heteroatoms. The third-order valence-electron chi connectivity index (χ3n) is 4.49. The van der Waals surface area contributed by atoms with Crippen LogP contribution in [-0.4, -0.2) is 57.1 Å². The minimum atomic E-state index is 0.132. The zero-order valence-corrected chi connectivity index (χ0v) is 15.8. The molecular formula is C18H24N4O2S. The fourth-order valence-electron chi connectivity index (χ4n) is 2.91. The summed E-state index contributed by atoms with van der Waals surface area (Å²) in [5.41, 5.74) is 2.22. The Morgan fingerprint density at radius 3 is 2.92 bits per heavy atom. The van der Waals surface area contributed by atoms with Gasteiger partial charge >= 0.3 is 0 Å². The van der Waals surface area contributed by atoms with Gasteiger partial charge in [-0.15, -0.1) is 10.2 Å². The summed E-state index contributed by atoms with van der Waals surface area (Å²) in [5, 5.41) is 9.33. The molecule has 1 fully saturated rings. The maximum Gasteiger partial charge on any atom is 0.233 e. The highest BCUT2D eigenvalue weighted by Crippen LogP contribution is 2.25. The third kappa shape index (κ3) is 4.04.